The molecule has 2 aromatic rings. The fraction of sp³-hybridized carbons (Fsp3) is 0.467. The van der Waals surface area contributed by atoms with Gasteiger partial charge in [-0.2, -0.15) is 4.98 Å². The third-order valence-electron chi connectivity index (χ3n) is 4.22. The summed E-state index contributed by atoms with van der Waals surface area (Å²) < 4.78 is 18.8. The van der Waals surface area contributed by atoms with Gasteiger partial charge in [0.05, 0.1) is 5.41 Å². The number of aromatic nitrogens is 2. The van der Waals surface area contributed by atoms with Gasteiger partial charge in [-0.3, -0.25) is 0 Å². The zero-order valence-corrected chi connectivity index (χ0v) is 11.7. The van der Waals surface area contributed by atoms with Crippen molar-refractivity contribution >= 4 is 0 Å². The summed E-state index contributed by atoms with van der Waals surface area (Å²) >= 11 is 0. The van der Waals surface area contributed by atoms with E-state index < -0.39 is 0 Å². The van der Waals surface area contributed by atoms with E-state index in [1.165, 1.54) is 6.07 Å². The largest absolute Gasteiger partial charge is 0.338 e. The Balaban J connectivity index is 1.95. The Bertz CT molecular complexity index is 617. The van der Waals surface area contributed by atoms with Crippen LogP contribution in [0.3, 0.4) is 0 Å². The molecule has 1 fully saturated rings. The van der Waals surface area contributed by atoms with Crippen LogP contribution in [0.25, 0.3) is 11.4 Å². The van der Waals surface area contributed by atoms with Gasteiger partial charge in [-0.15, -0.1) is 0 Å². The normalized spacial score (nSPS) is 22.4. The highest BCUT2D eigenvalue weighted by Gasteiger charge is 2.39. The molecule has 1 unspecified atom stereocenters. The standard InChI is InChI=1S/C15H18FN3O/c1-3-15(6-7-17-9-15)14-18-13(19-20-14)11-4-5-12(16)10(2)8-11/h4-5,8,17H,3,6-7,9H2,1-2H3. The number of rotatable bonds is 3. The second kappa shape index (κ2) is 4.98. The molecular weight excluding hydrogens is 257 g/mol. The van der Waals surface area contributed by atoms with Gasteiger partial charge in [0.25, 0.3) is 0 Å². The van der Waals surface area contributed by atoms with Crippen LogP contribution in [0.15, 0.2) is 22.7 Å². The Kier molecular flexibility index (Phi) is 3.30. The lowest BCUT2D eigenvalue weighted by Gasteiger charge is -2.20. The van der Waals surface area contributed by atoms with Gasteiger partial charge in [0.15, 0.2) is 0 Å². The molecule has 1 aromatic carbocycles. The average Bonchev–Trinajstić information content (AvgIpc) is 3.10. The van der Waals surface area contributed by atoms with E-state index in [0.717, 1.165) is 31.5 Å². The Hall–Kier alpha value is -1.75. The molecule has 2 heterocycles. The fourth-order valence-electron chi connectivity index (χ4n) is 2.72. The molecule has 0 aliphatic carbocycles. The molecule has 1 aliphatic rings. The van der Waals surface area contributed by atoms with E-state index in [4.69, 9.17) is 4.52 Å². The molecular formula is C15H18FN3O. The van der Waals surface area contributed by atoms with Gasteiger partial charge in [0.2, 0.25) is 11.7 Å². The lowest BCUT2D eigenvalue weighted by Crippen LogP contribution is -2.28. The Labute approximate surface area is 117 Å². The van der Waals surface area contributed by atoms with Gasteiger partial charge < -0.3 is 9.84 Å². The minimum absolute atomic E-state index is 0.0552. The van der Waals surface area contributed by atoms with Crippen LogP contribution in [0.5, 0.6) is 0 Å². The Morgan fingerprint density at radius 2 is 2.30 bits per heavy atom. The highest BCUT2D eigenvalue weighted by molar-refractivity contribution is 5.55. The lowest BCUT2D eigenvalue weighted by atomic mass is 9.84. The van der Waals surface area contributed by atoms with Gasteiger partial charge >= 0.3 is 0 Å². The predicted octanol–water partition coefficient (Wildman–Crippen LogP) is 2.83. The Morgan fingerprint density at radius 3 is 2.95 bits per heavy atom. The van der Waals surface area contributed by atoms with E-state index in [9.17, 15) is 4.39 Å². The summed E-state index contributed by atoms with van der Waals surface area (Å²) in [6.07, 6.45) is 1.97. The fourth-order valence-corrected chi connectivity index (χ4v) is 2.72. The quantitative estimate of drug-likeness (QED) is 0.935. The van der Waals surface area contributed by atoms with Crippen molar-refractivity contribution in [3.05, 3.63) is 35.5 Å². The molecule has 1 saturated heterocycles. The summed E-state index contributed by atoms with van der Waals surface area (Å²) in [6, 6.07) is 4.87. The molecule has 1 aromatic heterocycles. The van der Waals surface area contributed by atoms with Gasteiger partial charge in [0.1, 0.15) is 5.82 Å². The number of hydrogen-bond acceptors (Lipinski definition) is 4. The van der Waals surface area contributed by atoms with Crippen molar-refractivity contribution in [2.75, 3.05) is 13.1 Å². The molecule has 5 heteroatoms. The lowest BCUT2D eigenvalue weighted by molar-refractivity contribution is 0.285. The van der Waals surface area contributed by atoms with Crippen LogP contribution in [0.1, 0.15) is 31.2 Å². The number of hydrogen-bond donors (Lipinski definition) is 1. The van der Waals surface area contributed by atoms with Crippen molar-refractivity contribution in [2.24, 2.45) is 0 Å². The molecule has 4 nitrogen and oxygen atoms in total. The predicted molar refractivity (Wildman–Crippen MR) is 73.9 cm³/mol. The maximum absolute atomic E-state index is 13.3. The zero-order chi connectivity index (χ0) is 14.2. The maximum Gasteiger partial charge on any atom is 0.234 e. The number of nitrogens with zero attached hydrogens (tertiary/aromatic N) is 2. The van der Waals surface area contributed by atoms with Gasteiger partial charge in [-0.1, -0.05) is 12.1 Å². The van der Waals surface area contributed by atoms with Crippen molar-refractivity contribution in [1.29, 1.82) is 0 Å². The zero-order valence-electron chi connectivity index (χ0n) is 11.7. The van der Waals surface area contributed by atoms with E-state index in [-0.39, 0.29) is 11.2 Å². The van der Waals surface area contributed by atoms with E-state index in [2.05, 4.69) is 22.4 Å². The smallest absolute Gasteiger partial charge is 0.234 e. The summed E-state index contributed by atoms with van der Waals surface area (Å²) in [7, 11) is 0. The third-order valence-corrected chi connectivity index (χ3v) is 4.22. The Morgan fingerprint density at radius 1 is 1.45 bits per heavy atom. The van der Waals surface area contributed by atoms with Gasteiger partial charge in [0, 0.05) is 12.1 Å². The number of aryl methyl sites for hydroxylation is 1. The van der Waals surface area contributed by atoms with E-state index in [0.29, 0.717) is 17.3 Å². The molecule has 0 amide bonds. The first-order chi connectivity index (χ1) is 9.64. The molecule has 106 valence electrons. The van der Waals surface area contributed by atoms with E-state index >= 15 is 0 Å². The van der Waals surface area contributed by atoms with E-state index in [1.807, 2.05) is 0 Å². The molecule has 1 N–H and O–H groups in total. The van der Waals surface area contributed by atoms with Gasteiger partial charge in [-0.25, -0.2) is 4.39 Å². The van der Waals surface area contributed by atoms with Crippen LogP contribution in [-0.2, 0) is 5.41 Å². The van der Waals surface area contributed by atoms with Crippen molar-refractivity contribution in [1.82, 2.24) is 15.5 Å². The first kappa shape index (κ1) is 13.2. The van der Waals surface area contributed by atoms with Crippen LogP contribution in [0, 0.1) is 12.7 Å². The summed E-state index contributed by atoms with van der Waals surface area (Å²) in [5.41, 5.74) is 1.32. The molecule has 1 aliphatic heterocycles. The number of halogens is 1. The SMILES string of the molecule is CCC1(c2nc(-c3ccc(F)c(C)c3)no2)CCNC1. The van der Waals surface area contributed by atoms with Crippen molar-refractivity contribution in [3.8, 4) is 11.4 Å². The van der Waals surface area contributed by atoms with Crippen molar-refractivity contribution in [3.63, 3.8) is 0 Å². The minimum atomic E-state index is -0.220. The highest BCUT2D eigenvalue weighted by atomic mass is 19.1. The molecule has 0 radical (unpaired) electrons. The van der Waals surface area contributed by atoms with Crippen molar-refractivity contribution in [2.45, 2.75) is 32.1 Å². The molecule has 20 heavy (non-hydrogen) atoms. The minimum Gasteiger partial charge on any atom is -0.338 e. The number of benzene rings is 1. The van der Waals surface area contributed by atoms with Crippen LogP contribution < -0.4 is 5.32 Å². The topological polar surface area (TPSA) is 51.0 Å². The molecule has 0 spiro atoms. The second-order valence-corrected chi connectivity index (χ2v) is 5.45. The molecule has 3 rings (SSSR count). The average molecular weight is 275 g/mol. The first-order valence-corrected chi connectivity index (χ1v) is 6.96. The molecule has 0 bridgehead atoms. The third kappa shape index (κ3) is 2.12. The maximum atomic E-state index is 13.3. The van der Waals surface area contributed by atoms with Crippen LogP contribution in [-0.4, -0.2) is 23.2 Å². The highest BCUT2D eigenvalue weighted by Crippen LogP contribution is 2.34. The van der Waals surface area contributed by atoms with E-state index in [1.54, 1.807) is 19.1 Å². The van der Waals surface area contributed by atoms with Crippen LogP contribution >= 0.6 is 0 Å². The van der Waals surface area contributed by atoms with Gasteiger partial charge in [-0.05, 0) is 50.1 Å². The summed E-state index contributed by atoms with van der Waals surface area (Å²) in [4.78, 5) is 4.54. The van der Waals surface area contributed by atoms with Crippen molar-refractivity contribution < 1.29 is 8.91 Å². The second-order valence-electron chi connectivity index (χ2n) is 5.45. The summed E-state index contributed by atoms with van der Waals surface area (Å²) in [6.45, 7) is 5.71. The first-order valence-electron chi connectivity index (χ1n) is 6.96. The summed E-state index contributed by atoms with van der Waals surface area (Å²) in [5, 5.41) is 7.41. The summed E-state index contributed by atoms with van der Waals surface area (Å²) in [5.74, 6) is 0.993. The molecule has 1 atom stereocenters. The van der Waals surface area contributed by atoms with Crippen LogP contribution in [0.2, 0.25) is 0 Å². The number of nitrogens with one attached hydrogen (secondary N) is 1. The monoisotopic (exact) mass is 275 g/mol. The van der Waals surface area contributed by atoms with Crippen LogP contribution in [0.4, 0.5) is 4.39 Å². The molecule has 0 saturated carbocycles.